The van der Waals surface area contributed by atoms with Crippen LogP contribution in [0.1, 0.15) is 48.6 Å². The molecule has 2 rings (SSSR count). The molecule has 23 heavy (non-hydrogen) atoms. The van der Waals surface area contributed by atoms with Crippen LogP contribution in [0.4, 0.5) is 0 Å². The molecule has 0 saturated carbocycles. The molecule has 0 saturated heterocycles. The molecule has 5 nitrogen and oxygen atoms in total. The lowest BCUT2D eigenvalue weighted by Gasteiger charge is -2.24. The van der Waals surface area contributed by atoms with Crippen molar-refractivity contribution in [2.24, 2.45) is 0 Å². The molecular weight excluding hydrogens is 314 g/mol. The van der Waals surface area contributed by atoms with Gasteiger partial charge in [0, 0.05) is 5.92 Å². The van der Waals surface area contributed by atoms with Gasteiger partial charge in [-0.15, -0.1) is 0 Å². The Hall–Kier alpha value is -1.98. The molecule has 1 aromatic heterocycles. The number of carbonyl (C=O) groups excluding carboxylic acids is 1. The Kier molecular flexibility index (Phi) is 5.34. The number of amides is 1. The van der Waals surface area contributed by atoms with E-state index in [1.165, 1.54) is 6.20 Å². The molecule has 122 valence electrons. The first-order chi connectivity index (χ1) is 10.8. The third-order valence-corrected chi connectivity index (χ3v) is 3.76. The van der Waals surface area contributed by atoms with Gasteiger partial charge in [0.25, 0.3) is 5.91 Å². The Balaban J connectivity index is 2.12. The number of hydrogen-bond acceptors (Lipinski definition) is 4. The summed E-state index contributed by atoms with van der Waals surface area (Å²) in [4.78, 5) is 20.6. The van der Waals surface area contributed by atoms with E-state index >= 15 is 0 Å². The van der Waals surface area contributed by atoms with Gasteiger partial charge in [-0.3, -0.25) is 4.79 Å². The van der Waals surface area contributed by atoms with Crippen molar-refractivity contribution in [3.63, 3.8) is 0 Å². The Morgan fingerprint density at radius 2 is 2.00 bits per heavy atom. The molecular formula is C17H20ClN3O2. The lowest BCUT2D eigenvalue weighted by atomic mass is 9.96. The Bertz CT molecular complexity index is 687. The van der Waals surface area contributed by atoms with Crippen LogP contribution >= 0.6 is 11.6 Å². The molecule has 0 aliphatic rings. The molecule has 2 aromatic rings. The topological polar surface area (TPSA) is 75.1 Å². The average molecular weight is 334 g/mol. The predicted octanol–water partition coefficient (Wildman–Crippen LogP) is 2.89. The highest BCUT2D eigenvalue weighted by atomic mass is 35.5. The second-order valence-corrected chi connectivity index (χ2v) is 6.31. The molecule has 1 unspecified atom stereocenters. The summed E-state index contributed by atoms with van der Waals surface area (Å²) in [5.74, 6) is 0.205. The summed E-state index contributed by atoms with van der Waals surface area (Å²) in [6, 6.07) is 9.15. The minimum atomic E-state index is -1.18. The Morgan fingerprint density at radius 1 is 1.35 bits per heavy atom. The number of halogens is 1. The van der Waals surface area contributed by atoms with Crippen molar-refractivity contribution in [3.05, 3.63) is 58.6 Å². The third kappa shape index (κ3) is 4.27. The maximum atomic E-state index is 12.3. The van der Waals surface area contributed by atoms with Crippen LogP contribution in [0.25, 0.3) is 0 Å². The normalized spacial score (nSPS) is 13.7. The molecule has 1 amide bonds. The molecule has 1 atom stereocenters. The number of rotatable bonds is 5. The number of nitrogens with one attached hydrogen (secondary N) is 1. The lowest BCUT2D eigenvalue weighted by Crippen LogP contribution is -2.39. The fourth-order valence-corrected chi connectivity index (χ4v) is 2.23. The van der Waals surface area contributed by atoms with Crippen LogP contribution in [-0.2, 0) is 5.60 Å². The van der Waals surface area contributed by atoms with Gasteiger partial charge in [0.2, 0.25) is 0 Å². The fourth-order valence-electron chi connectivity index (χ4n) is 2.05. The van der Waals surface area contributed by atoms with Crippen LogP contribution in [0.3, 0.4) is 0 Å². The summed E-state index contributed by atoms with van der Waals surface area (Å²) < 4.78 is 0. The van der Waals surface area contributed by atoms with Crippen molar-refractivity contribution >= 4 is 17.5 Å². The zero-order valence-electron chi connectivity index (χ0n) is 13.4. The summed E-state index contributed by atoms with van der Waals surface area (Å²) in [6.07, 6.45) is 1.42. The summed E-state index contributed by atoms with van der Waals surface area (Å²) in [6.45, 7) is 5.56. The van der Waals surface area contributed by atoms with E-state index in [2.05, 4.69) is 15.3 Å². The maximum Gasteiger partial charge on any atom is 0.271 e. The fraction of sp³-hybridized carbons (Fsp3) is 0.353. The second kappa shape index (κ2) is 7.06. The predicted molar refractivity (Wildman–Crippen MR) is 89.5 cm³/mol. The van der Waals surface area contributed by atoms with Gasteiger partial charge in [0.1, 0.15) is 17.1 Å². The molecule has 0 fully saturated rings. The van der Waals surface area contributed by atoms with E-state index in [9.17, 15) is 9.90 Å². The monoisotopic (exact) mass is 333 g/mol. The van der Waals surface area contributed by atoms with Crippen molar-refractivity contribution < 1.29 is 9.90 Å². The van der Waals surface area contributed by atoms with Gasteiger partial charge in [-0.2, -0.15) is 0 Å². The number of nitrogens with zero attached hydrogens (tertiary/aromatic N) is 2. The Morgan fingerprint density at radius 3 is 2.61 bits per heavy atom. The van der Waals surface area contributed by atoms with Crippen molar-refractivity contribution in [2.75, 3.05) is 6.54 Å². The van der Waals surface area contributed by atoms with E-state index in [0.717, 1.165) is 5.56 Å². The zero-order valence-corrected chi connectivity index (χ0v) is 14.1. The standard InChI is InChI=1S/C17H20ClN3O2/c1-11(2)15-19-9-13(18)14(21-15)16(22)20-10-17(3,23)12-7-5-4-6-8-12/h4-9,11,23H,10H2,1-3H3,(H,20,22). The number of carbonyl (C=O) groups is 1. The lowest BCUT2D eigenvalue weighted by molar-refractivity contribution is 0.0525. The molecule has 6 heteroatoms. The van der Waals surface area contributed by atoms with Gasteiger partial charge >= 0.3 is 0 Å². The van der Waals surface area contributed by atoms with Gasteiger partial charge in [-0.05, 0) is 12.5 Å². The summed E-state index contributed by atoms with van der Waals surface area (Å²) in [7, 11) is 0. The molecule has 0 radical (unpaired) electrons. The van der Waals surface area contributed by atoms with E-state index in [-0.39, 0.29) is 23.2 Å². The smallest absolute Gasteiger partial charge is 0.271 e. The number of aliphatic hydroxyl groups is 1. The van der Waals surface area contributed by atoms with E-state index in [0.29, 0.717) is 5.82 Å². The molecule has 0 bridgehead atoms. The molecule has 0 spiro atoms. The van der Waals surface area contributed by atoms with E-state index < -0.39 is 11.5 Å². The highest BCUT2D eigenvalue weighted by Gasteiger charge is 2.25. The minimum Gasteiger partial charge on any atom is -0.384 e. The van der Waals surface area contributed by atoms with Crippen LogP contribution < -0.4 is 5.32 Å². The number of benzene rings is 1. The highest BCUT2D eigenvalue weighted by molar-refractivity contribution is 6.33. The van der Waals surface area contributed by atoms with E-state index in [1.807, 2.05) is 32.0 Å². The summed E-state index contributed by atoms with van der Waals surface area (Å²) in [5, 5.41) is 13.4. The van der Waals surface area contributed by atoms with Crippen LogP contribution in [0.15, 0.2) is 36.5 Å². The third-order valence-electron chi connectivity index (χ3n) is 3.48. The van der Waals surface area contributed by atoms with Crippen molar-refractivity contribution in [1.29, 1.82) is 0 Å². The van der Waals surface area contributed by atoms with Crippen LogP contribution in [0.2, 0.25) is 5.02 Å². The first kappa shape index (κ1) is 17.4. The summed E-state index contributed by atoms with van der Waals surface area (Å²) in [5.41, 5.74) is -0.344. The van der Waals surface area contributed by atoms with Crippen LogP contribution in [-0.4, -0.2) is 27.5 Å². The molecule has 0 aliphatic carbocycles. The van der Waals surface area contributed by atoms with Crippen molar-refractivity contribution in [1.82, 2.24) is 15.3 Å². The number of aromatic nitrogens is 2. The molecule has 1 aromatic carbocycles. The first-order valence-corrected chi connectivity index (χ1v) is 7.77. The molecule has 0 aliphatic heterocycles. The highest BCUT2D eigenvalue weighted by Crippen LogP contribution is 2.20. The van der Waals surface area contributed by atoms with E-state index in [4.69, 9.17) is 11.6 Å². The van der Waals surface area contributed by atoms with Crippen molar-refractivity contribution in [3.8, 4) is 0 Å². The quantitative estimate of drug-likeness (QED) is 0.882. The van der Waals surface area contributed by atoms with Crippen molar-refractivity contribution in [2.45, 2.75) is 32.3 Å². The van der Waals surface area contributed by atoms with Crippen LogP contribution in [0.5, 0.6) is 0 Å². The molecule has 1 heterocycles. The van der Waals surface area contributed by atoms with Gasteiger partial charge in [-0.1, -0.05) is 55.8 Å². The van der Waals surface area contributed by atoms with Gasteiger partial charge in [0.15, 0.2) is 0 Å². The number of hydrogen-bond donors (Lipinski definition) is 2. The average Bonchev–Trinajstić information content (AvgIpc) is 2.53. The molecule has 2 N–H and O–H groups in total. The van der Waals surface area contributed by atoms with Gasteiger partial charge < -0.3 is 10.4 Å². The zero-order chi connectivity index (χ0) is 17.0. The summed E-state index contributed by atoms with van der Waals surface area (Å²) >= 11 is 6.01. The van der Waals surface area contributed by atoms with Gasteiger partial charge in [0.05, 0.1) is 17.8 Å². The maximum absolute atomic E-state index is 12.3. The SMILES string of the molecule is CC(C)c1ncc(Cl)c(C(=O)NCC(C)(O)c2ccccc2)n1. The van der Waals surface area contributed by atoms with E-state index in [1.54, 1.807) is 19.1 Å². The van der Waals surface area contributed by atoms with Crippen LogP contribution in [0, 0.1) is 0 Å². The Labute approximate surface area is 140 Å². The largest absolute Gasteiger partial charge is 0.384 e. The minimum absolute atomic E-state index is 0.0488. The van der Waals surface area contributed by atoms with Gasteiger partial charge in [-0.25, -0.2) is 9.97 Å². The first-order valence-electron chi connectivity index (χ1n) is 7.40. The second-order valence-electron chi connectivity index (χ2n) is 5.90.